The Balaban J connectivity index is 1.73. The fourth-order valence-electron chi connectivity index (χ4n) is 0.870. The minimum atomic E-state index is -0.708. The molecule has 0 atom stereocenters. The van der Waals surface area contributed by atoms with E-state index < -0.39 is 5.97 Å². The Labute approximate surface area is 52.6 Å². The lowest BCUT2D eigenvalue weighted by Gasteiger charge is -2.57. The summed E-state index contributed by atoms with van der Waals surface area (Å²) in [5.41, 5.74) is 0. The predicted octanol–water partition coefficient (Wildman–Crippen LogP) is 0.0373. The van der Waals surface area contributed by atoms with E-state index in [1.165, 1.54) is 0 Å². The van der Waals surface area contributed by atoms with Crippen LogP contribution in [0.1, 0.15) is 6.42 Å². The van der Waals surface area contributed by atoms with Crippen LogP contribution in [0.2, 0.25) is 0 Å². The van der Waals surface area contributed by atoms with Crippen LogP contribution in [-0.4, -0.2) is 26.2 Å². The van der Waals surface area contributed by atoms with Crippen LogP contribution in [0.3, 0.4) is 0 Å². The summed E-state index contributed by atoms with van der Waals surface area (Å²) in [6.45, 7) is 0.229. The lowest BCUT2D eigenvalue weighted by Crippen LogP contribution is -2.69. The molecule has 0 aromatic rings. The summed E-state index contributed by atoms with van der Waals surface area (Å²) < 4.78 is 19.7. The van der Waals surface area contributed by atoms with E-state index in [9.17, 15) is 0 Å². The van der Waals surface area contributed by atoms with E-state index >= 15 is 0 Å². The van der Waals surface area contributed by atoms with E-state index in [1.54, 1.807) is 7.11 Å². The fraction of sp³-hybridized carbons (Fsp3) is 1.00. The van der Waals surface area contributed by atoms with Gasteiger partial charge in [-0.05, 0) is 0 Å². The van der Waals surface area contributed by atoms with Crippen LogP contribution in [0.15, 0.2) is 0 Å². The van der Waals surface area contributed by atoms with Gasteiger partial charge in [0.05, 0.1) is 6.42 Å². The Morgan fingerprint density at radius 1 is 1.67 bits per heavy atom. The summed E-state index contributed by atoms with van der Waals surface area (Å²) >= 11 is 0. The van der Waals surface area contributed by atoms with Gasteiger partial charge in [-0.2, -0.15) is 0 Å². The van der Waals surface area contributed by atoms with Crippen LogP contribution in [0, 0.1) is 0 Å². The Morgan fingerprint density at radius 2 is 2.33 bits per heavy atom. The number of hydrogen-bond donors (Lipinski definition) is 0. The zero-order valence-electron chi connectivity index (χ0n) is 5.12. The summed E-state index contributed by atoms with van der Waals surface area (Å²) in [7, 11) is 1.56. The molecule has 0 aliphatic carbocycles. The van der Waals surface area contributed by atoms with Crippen LogP contribution in [0.25, 0.3) is 0 Å². The molecule has 3 rings (SSSR count). The summed E-state index contributed by atoms with van der Waals surface area (Å²) in [6.07, 6.45) is 0.845. The van der Waals surface area contributed by atoms with Crippen molar-refractivity contribution in [1.82, 2.24) is 0 Å². The molecule has 3 aliphatic rings. The van der Waals surface area contributed by atoms with Crippen molar-refractivity contribution in [3.63, 3.8) is 0 Å². The van der Waals surface area contributed by atoms with Gasteiger partial charge < -0.3 is 9.47 Å². The van der Waals surface area contributed by atoms with Crippen molar-refractivity contribution in [3.05, 3.63) is 0 Å². The second-order valence-electron chi connectivity index (χ2n) is 2.10. The number of hydrogen-bond acceptors (Lipinski definition) is 4. The third-order valence-electron chi connectivity index (χ3n) is 1.44. The van der Waals surface area contributed by atoms with Gasteiger partial charge in [-0.25, -0.2) is 0 Å². The summed E-state index contributed by atoms with van der Waals surface area (Å²) in [6, 6.07) is 0. The van der Waals surface area contributed by atoms with Crippen LogP contribution < -0.4 is 0 Å². The van der Waals surface area contributed by atoms with Gasteiger partial charge in [0.25, 0.3) is 5.97 Å². The van der Waals surface area contributed by atoms with E-state index in [-0.39, 0.29) is 13.1 Å². The standard InChI is InChI=1S/C5H8O4/c1-6-3-7-5-2-4(8-5)9-5/h4H,2-3H2,1H3. The molecule has 0 spiro atoms. The molecular formula is C5H8O4. The first kappa shape index (κ1) is 5.61. The maximum Gasteiger partial charge on any atom is 0.294 e. The van der Waals surface area contributed by atoms with Crippen molar-refractivity contribution in [1.29, 1.82) is 0 Å². The second-order valence-corrected chi connectivity index (χ2v) is 2.10. The van der Waals surface area contributed by atoms with Gasteiger partial charge in [-0.15, -0.1) is 0 Å². The Bertz CT molecular complexity index is 107. The number of methoxy groups -OCH3 is 1. The Morgan fingerprint density at radius 3 is 2.67 bits per heavy atom. The fourth-order valence-corrected chi connectivity index (χ4v) is 0.870. The van der Waals surface area contributed by atoms with Gasteiger partial charge in [0.2, 0.25) is 0 Å². The first-order valence-corrected chi connectivity index (χ1v) is 2.83. The minimum absolute atomic E-state index is 0.00172. The molecule has 3 aliphatic heterocycles. The SMILES string of the molecule is COCOC12CC(O1)O2. The molecule has 0 radical (unpaired) electrons. The largest absolute Gasteiger partial charge is 0.358 e. The third kappa shape index (κ3) is 0.679. The zero-order chi connectivity index (χ0) is 6.32. The summed E-state index contributed by atoms with van der Waals surface area (Å²) in [4.78, 5) is 0. The molecule has 3 fully saturated rings. The molecule has 0 N–H and O–H groups in total. The maximum absolute atomic E-state index is 5.01. The van der Waals surface area contributed by atoms with Crippen LogP contribution in [0.5, 0.6) is 0 Å². The summed E-state index contributed by atoms with van der Waals surface area (Å²) in [5, 5.41) is 0. The molecule has 4 heteroatoms. The molecule has 0 amide bonds. The molecule has 3 saturated heterocycles. The van der Waals surface area contributed by atoms with Crippen LogP contribution in [0.4, 0.5) is 0 Å². The van der Waals surface area contributed by atoms with Crippen LogP contribution in [-0.2, 0) is 18.9 Å². The number of rotatable bonds is 3. The topological polar surface area (TPSA) is 36.9 Å². The molecule has 4 nitrogen and oxygen atoms in total. The summed E-state index contributed by atoms with van der Waals surface area (Å²) in [5.74, 6) is -0.708. The molecule has 0 aromatic carbocycles. The molecule has 0 saturated carbocycles. The highest BCUT2D eigenvalue weighted by molar-refractivity contribution is 4.83. The van der Waals surface area contributed by atoms with Gasteiger partial charge in [-0.1, -0.05) is 0 Å². The monoisotopic (exact) mass is 132 g/mol. The molecule has 0 unspecified atom stereocenters. The van der Waals surface area contributed by atoms with Crippen LogP contribution >= 0.6 is 0 Å². The first-order chi connectivity index (χ1) is 4.35. The quantitative estimate of drug-likeness (QED) is 0.508. The average molecular weight is 132 g/mol. The molecule has 9 heavy (non-hydrogen) atoms. The van der Waals surface area contributed by atoms with E-state index in [1.807, 2.05) is 0 Å². The van der Waals surface area contributed by atoms with E-state index in [4.69, 9.17) is 14.2 Å². The lowest BCUT2D eigenvalue weighted by molar-refractivity contribution is -0.638. The van der Waals surface area contributed by atoms with Crippen molar-refractivity contribution in [2.24, 2.45) is 0 Å². The predicted molar refractivity (Wildman–Crippen MR) is 26.3 cm³/mol. The highest BCUT2D eigenvalue weighted by Crippen LogP contribution is 2.48. The van der Waals surface area contributed by atoms with Gasteiger partial charge in [0.15, 0.2) is 13.1 Å². The Kier molecular flexibility index (Phi) is 1.04. The molecule has 52 valence electrons. The molecule has 0 aromatic heterocycles. The smallest absolute Gasteiger partial charge is 0.294 e. The van der Waals surface area contributed by atoms with E-state index in [0.29, 0.717) is 0 Å². The number of ether oxygens (including phenoxy) is 4. The van der Waals surface area contributed by atoms with Gasteiger partial charge in [-0.3, -0.25) is 9.47 Å². The van der Waals surface area contributed by atoms with Crippen molar-refractivity contribution in [2.75, 3.05) is 13.9 Å². The van der Waals surface area contributed by atoms with Crippen molar-refractivity contribution in [3.8, 4) is 0 Å². The first-order valence-electron chi connectivity index (χ1n) is 2.83. The molecule has 2 bridgehead atoms. The average Bonchev–Trinajstić information content (AvgIpc) is 1.59. The second kappa shape index (κ2) is 1.67. The Hall–Kier alpha value is -0.160. The molecular weight excluding hydrogens is 124 g/mol. The van der Waals surface area contributed by atoms with Gasteiger partial charge >= 0.3 is 0 Å². The van der Waals surface area contributed by atoms with Crippen molar-refractivity contribution >= 4 is 0 Å². The van der Waals surface area contributed by atoms with E-state index in [0.717, 1.165) is 6.42 Å². The highest BCUT2D eigenvalue weighted by atomic mass is 17.0. The van der Waals surface area contributed by atoms with Crippen molar-refractivity contribution < 1.29 is 18.9 Å². The highest BCUT2D eigenvalue weighted by Gasteiger charge is 2.63. The normalized spacial score (nSPS) is 45.7. The molecule has 3 heterocycles. The van der Waals surface area contributed by atoms with Crippen molar-refractivity contribution in [2.45, 2.75) is 18.7 Å². The minimum Gasteiger partial charge on any atom is -0.358 e. The third-order valence-corrected chi connectivity index (χ3v) is 1.44. The van der Waals surface area contributed by atoms with Gasteiger partial charge in [0.1, 0.15) is 0 Å². The lowest BCUT2D eigenvalue weighted by atomic mass is 10.2. The van der Waals surface area contributed by atoms with E-state index in [2.05, 4.69) is 4.74 Å². The van der Waals surface area contributed by atoms with Gasteiger partial charge in [0, 0.05) is 7.11 Å². The maximum atomic E-state index is 5.01. The zero-order valence-corrected chi connectivity index (χ0v) is 5.12.